The van der Waals surface area contributed by atoms with Gasteiger partial charge in [-0.05, 0) is 36.3 Å². The highest BCUT2D eigenvalue weighted by Crippen LogP contribution is 2.23. The molecule has 6 heteroatoms. The molecule has 2 aromatic carbocycles. The zero-order valence-electron chi connectivity index (χ0n) is 14.6. The number of nitrogens with one attached hydrogen (secondary N) is 1. The van der Waals surface area contributed by atoms with E-state index in [0.29, 0.717) is 22.8 Å². The zero-order valence-corrected chi connectivity index (χ0v) is 15.4. The Labute approximate surface area is 149 Å². The molecule has 0 saturated heterocycles. The predicted octanol–water partition coefficient (Wildman–Crippen LogP) is 2.77. The maximum atomic E-state index is 12.2. The van der Waals surface area contributed by atoms with Crippen molar-refractivity contribution in [2.75, 3.05) is 13.1 Å². The van der Waals surface area contributed by atoms with Gasteiger partial charge in [0.05, 0.1) is 11.4 Å². The number of benzene rings is 2. The first-order chi connectivity index (χ1) is 12.0. The molecule has 2 aromatic rings. The Morgan fingerprint density at radius 1 is 0.960 bits per heavy atom. The lowest BCUT2D eigenvalue weighted by Crippen LogP contribution is -2.23. The van der Waals surface area contributed by atoms with Crippen LogP contribution in [0.1, 0.15) is 30.5 Å². The molecule has 0 saturated carbocycles. The highest BCUT2D eigenvalue weighted by atomic mass is 32.2. The summed E-state index contributed by atoms with van der Waals surface area (Å²) in [5.41, 5.74) is 2.99. The van der Waals surface area contributed by atoms with E-state index in [0.717, 1.165) is 25.2 Å². The van der Waals surface area contributed by atoms with Gasteiger partial charge in [0.1, 0.15) is 5.84 Å². The number of rotatable bonds is 6. The molecule has 0 fully saturated rings. The van der Waals surface area contributed by atoms with E-state index in [1.807, 2.05) is 18.2 Å². The molecular weight excluding hydrogens is 334 g/mol. The highest BCUT2D eigenvalue weighted by Gasteiger charge is 2.29. The van der Waals surface area contributed by atoms with Crippen LogP contribution in [0, 0.1) is 0 Å². The van der Waals surface area contributed by atoms with Crippen LogP contribution in [0.15, 0.2) is 58.4 Å². The van der Waals surface area contributed by atoms with Crippen molar-refractivity contribution in [3.8, 4) is 0 Å². The first-order valence-corrected chi connectivity index (χ1v) is 9.99. The normalized spacial score (nSPS) is 16.8. The molecule has 1 heterocycles. The van der Waals surface area contributed by atoms with Crippen molar-refractivity contribution >= 4 is 15.9 Å². The summed E-state index contributed by atoms with van der Waals surface area (Å²) in [5.74, 6) is 0.424. The molecule has 0 amide bonds. The van der Waals surface area contributed by atoms with Crippen LogP contribution in [0.4, 0.5) is 0 Å². The van der Waals surface area contributed by atoms with E-state index < -0.39 is 10.0 Å². The van der Waals surface area contributed by atoms with Gasteiger partial charge in [-0.3, -0.25) is 14.6 Å². The molecule has 132 valence electrons. The van der Waals surface area contributed by atoms with Crippen LogP contribution < -0.4 is 4.72 Å². The van der Waals surface area contributed by atoms with Crippen molar-refractivity contribution < 1.29 is 8.42 Å². The van der Waals surface area contributed by atoms with Gasteiger partial charge < -0.3 is 0 Å². The molecular formula is C19H23N3O2S. The van der Waals surface area contributed by atoms with Crippen LogP contribution in [0.5, 0.6) is 0 Å². The second-order valence-corrected chi connectivity index (χ2v) is 7.65. The number of amidine groups is 1. The van der Waals surface area contributed by atoms with Gasteiger partial charge in [0.25, 0.3) is 10.0 Å². The third kappa shape index (κ3) is 3.75. The van der Waals surface area contributed by atoms with Crippen molar-refractivity contribution in [1.82, 2.24) is 9.62 Å². The van der Waals surface area contributed by atoms with E-state index in [1.54, 1.807) is 18.2 Å². The molecule has 1 aliphatic rings. The first kappa shape index (κ1) is 17.6. The third-order valence-corrected chi connectivity index (χ3v) is 5.87. The number of aliphatic imine (C=N–C) groups is 1. The van der Waals surface area contributed by atoms with E-state index in [1.165, 1.54) is 5.56 Å². The Morgan fingerprint density at radius 3 is 2.32 bits per heavy atom. The van der Waals surface area contributed by atoms with Gasteiger partial charge >= 0.3 is 0 Å². The average molecular weight is 357 g/mol. The molecule has 0 spiro atoms. The van der Waals surface area contributed by atoms with Gasteiger partial charge in [0.15, 0.2) is 0 Å². The molecule has 3 rings (SSSR count). The summed E-state index contributed by atoms with van der Waals surface area (Å²) in [7, 11) is -3.49. The second kappa shape index (κ2) is 7.37. The molecule has 25 heavy (non-hydrogen) atoms. The van der Waals surface area contributed by atoms with E-state index in [9.17, 15) is 8.42 Å². The molecule has 0 aromatic heterocycles. The molecule has 0 atom stereocenters. The van der Waals surface area contributed by atoms with Gasteiger partial charge in [-0.1, -0.05) is 50.2 Å². The van der Waals surface area contributed by atoms with E-state index >= 15 is 0 Å². The average Bonchev–Trinajstić information content (AvgIpc) is 2.89. The van der Waals surface area contributed by atoms with Gasteiger partial charge in [-0.25, -0.2) is 8.42 Å². The van der Waals surface area contributed by atoms with Crippen LogP contribution in [0.3, 0.4) is 0 Å². The van der Waals surface area contributed by atoms with Crippen LogP contribution in [0.2, 0.25) is 0 Å². The van der Waals surface area contributed by atoms with Gasteiger partial charge in [-0.15, -0.1) is 0 Å². The van der Waals surface area contributed by atoms with Crippen LogP contribution in [-0.2, 0) is 23.1 Å². The monoisotopic (exact) mass is 357 g/mol. The van der Waals surface area contributed by atoms with E-state index in [2.05, 4.69) is 40.6 Å². The first-order valence-electron chi connectivity index (χ1n) is 8.51. The minimum atomic E-state index is -3.49. The third-order valence-electron chi connectivity index (χ3n) is 4.48. The topological polar surface area (TPSA) is 61.8 Å². The number of hydrogen-bond acceptors (Lipinski definition) is 4. The largest absolute Gasteiger partial charge is 0.300 e. The molecule has 0 radical (unpaired) electrons. The number of hydrogen-bond donors (Lipinski definition) is 1. The summed E-state index contributed by atoms with van der Waals surface area (Å²) in [5, 5.41) is 0. The number of fused-ring (bicyclic) bond motifs is 1. The Morgan fingerprint density at radius 2 is 1.60 bits per heavy atom. The molecule has 0 bridgehead atoms. The SMILES string of the molecule is CCN(CC)Cc1ccccc1CN=C1NS(=O)(=O)c2ccccc21. The summed E-state index contributed by atoms with van der Waals surface area (Å²) < 4.78 is 26.9. The molecule has 1 aliphatic heterocycles. The maximum absolute atomic E-state index is 12.2. The Bertz CT molecular complexity index is 887. The van der Waals surface area contributed by atoms with Crippen molar-refractivity contribution in [1.29, 1.82) is 0 Å². The summed E-state index contributed by atoms with van der Waals surface area (Å²) in [6.07, 6.45) is 0. The fraction of sp³-hybridized carbons (Fsp3) is 0.316. The summed E-state index contributed by atoms with van der Waals surface area (Å²) >= 11 is 0. The van der Waals surface area contributed by atoms with E-state index in [4.69, 9.17) is 0 Å². The van der Waals surface area contributed by atoms with Crippen molar-refractivity contribution in [3.05, 3.63) is 65.2 Å². The fourth-order valence-electron chi connectivity index (χ4n) is 2.97. The summed E-state index contributed by atoms with van der Waals surface area (Å²) in [4.78, 5) is 7.20. The lowest BCUT2D eigenvalue weighted by Gasteiger charge is -2.19. The van der Waals surface area contributed by atoms with E-state index in [-0.39, 0.29) is 0 Å². The van der Waals surface area contributed by atoms with Crippen molar-refractivity contribution in [2.45, 2.75) is 31.8 Å². The van der Waals surface area contributed by atoms with Crippen molar-refractivity contribution in [3.63, 3.8) is 0 Å². The highest BCUT2D eigenvalue weighted by molar-refractivity contribution is 7.90. The summed E-state index contributed by atoms with van der Waals surface area (Å²) in [6.45, 7) is 7.60. The van der Waals surface area contributed by atoms with Gasteiger partial charge in [-0.2, -0.15) is 0 Å². The quantitative estimate of drug-likeness (QED) is 0.865. The molecule has 1 N–H and O–H groups in total. The van der Waals surface area contributed by atoms with Crippen LogP contribution >= 0.6 is 0 Å². The number of nitrogens with zero attached hydrogens (tertiary/aromatic N) is 2. The molecule has 0 aliphatic carbocycles. The number of sulfonamides is 1. The second-order valence-electron chi connectivity index (χ2n) is 6.00. The lowest BCUT2D eigenvalue weighted by atomic mass is 10.1. The van der Waals surface area contributed by atoms with Gasteiger partial charge in [0.2, 0.25) is 0 Å². The van der Waals surface area contributed by atoms with Crippen molar-refractivity contribution in [2.24, 2.45) is 4.99 Å². The van der Waals surface area contributed by atoms with Gasteiger partial charge in [0, 0.05) is 12.1 Å². The Kier molecular flexibility index (Phi) is 5.20. The zero-order chi connectivity index (χ0) is 17.9. The Hall–Kier alpha value is -2.18. The fourth-order valence-corrected chi connectivity index (χ4v) is 4.22. The Balaban J connectivity index is 1.86. The van der Waals surface area contributed by atoms with Crippen LogP contribution in [-0.4, -0.2) is 32.2 Å². The molecule has 5 nitrogen and oxygen atoms in total. The maximum Gasteiger partial charge on any atom is 0.263 e. The predicted molar refractivity (Wildman–Crippen MR) is 100 cm³/mol. The minimum absolute atomic E-state index is 0.296. The van der Waals surface area contributed by atoms with Crippen LogP contribution in [0.25, 0.3) is 0 Å². The smallest absolute Gasteiger partial charge is 0.263 e. The molecule has 0 unspecified atom stereocenters. The minimum Gasteiger partial charge on any atom is -0.300 e. The summed E-state index contributed by atoms with van der Waals surface area (Å²) in [6, 6.07) is 15.1. The lowest BCUT2D eigenvalue weighted by molar-refractivity contribution is 0.295. The standard InChI is InChI=1S/C19H23N3O2S/c1-3-22(4-2)14-16-10-6-5-9-15(16)13-20-19-17-11-7-8-12-18(17)25(23,24)21-19/h5-12H,3-4,13-14H2,1-2H3,(H,20,21).